The molecule has 0 aromatic rings. The maximum absolute atomic E-state index is 13.0. The Labute approximate surface area is 516 Å². The van der Waals surface area contributed by atoms with Crippen LogP contribution in [0.4, 0.5) is 0 Å². The van der Waals surface area contributed by atoms with E-state index in [9.17, 15) is 14.4 Å². The van der Waals surface area contributed by atoms with E-state index in [1.807, 2.05) is 0 Å². The summed E-state index contributed by atoms with van der Waals surface area (Å²) in [6.45, 7) is 6.55. The molecule has 83 heavy (non-hydrogen) atoms. The lowest BCUT2D eigenvalue weighted by Gasteiger charge is -2.18. The molecule has 1 unspecified atom stereocenters. The molecule has 482 valence electrons. The first kappa shape index (κ1) is 79.8. The Bertz CT molecular complexity index is 1520. The molecule has 0 aromatic carbocycles. The first-order chi connectivity index (χ1) is 41.0. The zero-order valence-electron chi connectivity index (χ0n) is 55.5. The summed E-state index contributed by atoms with van der Waals surface area (Å²) in [7, 11) is 0. The van der Waals surface area contributed by atoms with E-state index in [0.29, 0.717) is 19.3 Å². The lowest BCUT2D eigenvalue weighted by Crippen LogP contribution is -2.30. The van der Waals surface area contributed by atoms with E-state index in [2.05, 4.69) is 93.7 Å². The molecule has 0 bridgehead atoms. The Morgan fingerprint density at radius 2 is 0.470 bits per heavy atom. The van der Waals surface area contributed by atoms with E-state index in [4.69, 9.17) is 14.2 Å². The molecule has 0 spiro atoms. The minimum absolute atomic E-state index is 0.0779. The summed E-state index contributed by atoms with van der Waals surface area (Å²) in [4.78, 5) is 38.5. The second-order valence-corrected chi connectivity index (χ2v) is 24.5. The minimum atomic E-state index is -0.785. The zero-order chi connectivity index (χ0) is 59.9. The van der Waals surface area contributed by atoms with Gasteiger partial charge in [-0.1, -0.05) is 344 Å². The van der Waals surface area contributed by atoms with E-state index in [0.717, 1.165) is 103 Å². The van der Waals surface area contributed by atoms with Gasteiger partial charge in [0.25, 0.3) is 0 Å². The lowest BCUT2D eigenvalue weighted by molar-refractivity contribution is -0.167. The lowest BCUT2D eigenvalue weighted by atomic mass is 10.0. The number of hydrogen-bond donors (Lipinski definition) is 0. The van der Waals surface area contributed by atoms with Crippen LogP contribution in [0.3, 0.4) is 0 Å². The number of esters is 3. The normalized spacial score (nSPS) is 12.5. The van der Waals surface area contributed by atoms with Crippen LogP contribution in [0, 0.1) is 0 Å². The van der Waals surface area contributed by atoms with Crippen molar-refractivity contribution in [3.63, 3.8) is 0 Å². The van der Waals surface area contributed by atoms with E-state index >= 15 is 0 Å². The Morgan fingerprint density at radius 1 is 0.253 bits per heavy atom. The Morgan fingerprint density at radius 3 is 0.759 bits per heavy atom. The first-order valence-electron chi connectivity index (χ1n) is 36.4. The smallest absolute Gasteiger partial charge is 0.306 e. The van der Waals surface area contributed by atoms with Gasteiger partial charge in [0.15, 0.2) is 6.10 Å². The molecule has 0 aromatic heterocycles. The maximum Gasteiger partial charge on any atom is 0.306 e. The van der Waals surface area contributed by atoms with Gasteiger partial charge in [-0.2, -0.15) is 0 Å². The van der Waals surface area contributed by atoms with Crippen molar-refractivity contribution in [1.29, 1.82) is 0 Å². The molecule has 0 aliphatic rings. The van der Waals surface area contributed by atoms with Crippen molar-refractivity contribution < 1.29 is 28.6 Å². The number of carbonyl (C=O) groups is 3. The van der Waals surface area contributed by atoms with Crippen LogP contribution in [0.1, 0.15) is 380 Å². The van der Waals surface area contributed by atoms with Crippen molar-refractivity contribution >= 4 is 17.9 Å². The maximum atomic E-state index is 13.0. The molecule has 0 fully saturated rings. The SMILES string of the molecule is CC/C=C\C/C=C\C/C=C\C/C=C\CCCCCCCCCCCCC(=O)OC(COC(=O)CCCCCCC/C=C\C/C=C\CCCCC)COC(=O)CCCCCCCCCCCCCCCCCCCCCCCCCCCCC. The molecule has 6 nitrogen and oxygen atoms in total. The average molecular weight is 1160 g/mol. The number of carbonyl (C=O) groups excluding carboxylic acids is 3. The summed E-state index contributed by atoms with van der Waals surface area (Å²) in [6, 6.07) is 0. The molecular formula is C77H138O6. The van der Waals surface area contributed by atoms with Crippen molar-refractivity contribution in [3.8, 4) is 0 Å². The molecule has 0 aliphatic carbocycles. The Balaban J connectivity index is 4.27. The molecule has 0 N–H and O–H groups in total. The largest absolute Gasteiger partial charge is 0.462 e. The molecule has 0 rings (SSSR count). The Hall–Kier alpha value is -3.15. The predicted molar refractivity (Wildman–Crippen MR) is 362 cm³/mol. The van der Waals surface area contributed by atoms with Crippen molar-refractivity contribution in [2.24, 2.45) is 0 Å². The standard InChI is InChI=1S/C77H138O6/c1-4-7-10-13-16-19-22-25-28-30-32-34-36-37-38-39-41-42-44-46-49-52-55-58-61-64-67-70-76(79)82-73-74(72-81-75(78)69-66-63-60-57-54-51-48-27-24-21-18-15-12-9-6-3)83-77(80)71-68-65-62-59-56-53-50-47-45-43-40-35-33-31-29-26-23-20-17-14-11-8-5-2/h8,11,17-18,20-21,26-27,29,33,35,48,74H,4-7,9-10,12-16,19,22-25,28,30-32,34,36-47,49-73H2,1-3H3/b11-8-,20-17-,21-18-,29-26-,35-33-,48-27-. The van der Waals surface area contributed by atoms with Crippen molar-refractivity contribution in [2.75, 3.05) is 13.2 Å². The average Bonchev–Trinajstić information content (AvgIpc) is 3.49. The summed E-state index contributed by atoms with van der Waals surface area (Å²) in [5, 5.41) is 0. The quantitative estimate of drug-likeness (QED) is 0.0261. The summed E-state index contributed by atoms with van der Waals surface area (Å²) < 4.78 is 17.0. The third-order valence-electron chi connectivity index (χ3n) is 16.2. The minimum Gasteiger partial charge on any atom is -0.462 e. The van der Waals surface area contributed by atoms with Gasteiger partial charge in [0.05, 0.1) is 0 Å². The molecule has 6 heteroatoms. The molecule has 0 radical (unpaired) electrons. The Kier molecular flexibility index (Phi) is 68.6. The molecule has 0 saturated carbocycles. The fourth-order valence-electron chi connectivity index (χ4n) is 10.8. The fraction of sp³-hybridized carbons (Fsp3) is 0.805. The van der Waals surface area contributed by atoms with Crippen LogP contribution < -0.4 is 0 Å². The summed E-state index contributed by atoms with van der Waals surface area (Å²) in [6.07, 6.45) is 93.7. The van der Waals surface area contributed by atoms with E-state index < -0.39 is 6.10 Å². The van der Waals surface area contributed by atoms with E-state index in [1.165, 1.54) is 238 Å². The van der Waals surface area contributed by atoms with Crippen LogP contribution in [0.25, 0.3) is 0 Å². The summed E-state index contributed by atoms with van der Waals surface area (Å²) in [5.41, 5.74) is 0. The van der Waals surface area contributed by atoms with E-state index in [-0.39, 0.29) is 31.1 Å². The second kappa shape index (κ2) is 71.3. The molecule has 0 saturated heterocycles. The topological polar surface area (TPSA) is 78.9 Å². The predicted octanol–water partition coefficient (Wildman–Crippen LogP) is 25.2. The van der Waals surface area contributed by atoms with Crippen LogP contribution >= 0.6 is 0 Å². The highest BCUT2D eigenvalue weighted by Gasteiger charge is 2.19. The van der Waals surface area contributed by atoms with Gasteiger partial charge in [-0.3, -0.25) is 14.4 Å². The molecule has 0 amide bonds. The van der Waals surface area contributed by atoms with Gasteiger partial charge in [0.2, 0.25) is 0 Å². The fourth-order valence-corrected chi connectivity index (χ4v) is 10.8. The van der Waals surface area contributed by atoms with Crippen LogP contribution in [-0.2, 0) is 28.6 Å². The van der Waals surface area contributed by atoms with Gasteiger partial charge in [-0.15, -0.1) is 0 Å². The van der Waals surface area contributed by atoms with Gasteiger partial charge >= 0.3 is 17.9 Å². The van der Waals surface area contributed by atoms with Crippen LogP contribution in [0.5, 0.6) is 0 Å². The van der Waals surface area contributed by atoms with Crippen LogP contribution in [-0.4, -0.2) is 37.2 Å². The second-order valence-electron chi connectivity index (χ2n) is 24.5. The van der Waals surface area contributed by atoms with Gasteiger partial charge in [-0.25, -0.2) is 0 Å². The molecule has 1 atom stereocenters. The third-order valence-corrected chi connectivity index (χ3v) is 16.2. The first-order valence-corrected chi connectivity index (χ1v) is 36.4. The van der Waals surface area contributed by atoms with Gasteiger partial charge in [0.1, 0.15) is 13.2 Å². The number of hydrogen-bond acceptors (Lipinski definition) is 6. The van der Waals surface area contributed by atoms with E-state index in [1.54, 1.807) is 0 Å². The van der Waals surface area contributed by atoms with Crippen LogP contribution in [0.2, 0.25) is 0 Å². The van der Waals surface area contributed by atoms with Gasteiger partial charge in [0, 0.05) is 19.3 Å². The summed E-state index contributed by atoms with van der Waals surface area (Å²) >= 11 is 0. The van der Waals surface area contributed by atoms with Crippen molar-refractivity contribution in [3.05, 3.63) is 72.9 Å². The number of ether oxygens (including phenoxy) is 3. The number of allylic oxidation sites excluding steroid dienone is 12. The highest BCUT2D eigenvalue weighted by Crippen LogP contribution is 2.18. The monoisotopic (exact) mass is 1160 g/mol. The number of unbranched alkanes of at least 4 members (excludes halogenated alkanes) is 44. The molecular weight excluding hydrogens is 1020 g/mol. The third kappa shape index (κ3) is 69.5. The van der Waals surface area contributed by atoms with Crippen LogP contribution in [0.15, 0.2) is 72.9 Å². The van der Waals surface area contributed by atoms with Crippen molar-refractivity contribution in [2.45, 2.75) is 386 Å². The highest BCUT2D eigenvalue weighted by atomic mass is 16.6. The van der Waals surface area contributed by atoms with Gasteiger partial charge in [-0.05, 0) is 89.9 Å². The molecule has 0 aliphatic heterocycles. The van der Waals surface area contributed by atoms with Gasteiger partial charge < -0.3 is 14.2 Å². The summed E-state index contributed by atoms with van der Waals surface area (Å²) in [5.74, 6) is -0.874. The molecule has 0 heterocycles. The number of rotatable bonds is 67. The zero-order valence-corrected chi connectivity index (χ0v) is 55.5. The highest BCUT2D eigenvalue weighted by molar-refractivity contribution is 5.71. The van der Waals surface area contributed by atoms with Crippen molar-refractivity contribution in [1.82, 2.24) is 0 Å².